The van der Waals surface area contributed by atoms with Gasteiger partial charge < -0.3 is 4.90 Å². The van der Waals surface area contributed by atoms with Gasteiger partial charge in [0.25, 0.3) is 10.0 Å². The Morgan fingerprint density at radius 3 is 2.75 bits per heavy atom. The normalized spacial score (nSPS) is 20.8. The van der Waals surface area contributed by atoms with E-state index in [0.717, 1.165) is 17.4 Å². The first kappa shape index (κ1) is 19.5. The number of benzene rings is 1. The first-order valence-corrected chi connectivity index (χ1v) is 11.5. The molecule has 1 amide bonds. The Hall–Kier alpha value is -1.84. The molecule has 1 aromatic heterocycles. The highest BCUT2D eigenvalue weighted by molar-refractivity contribution is 7.91. The topological polar surface area (TPSA) is 57.7 Å². The van der Waals surface area contributed by atoms with Gasteiger partial charge in [-0.2, -0.15) is 4.31 Å². The van der Waals surface area contributed by atoms with Crippen LogP contribution in [0.3, 0.4) is 0 Å². The lowest BCUT2D eigenvalue weighted by Crippen LogP contribution is -2.48. The molecular formula is C19H20F2N2O3S2. The standard InChI is InChI=1S/C19H20F2N2O3S2/c20-14-10-16(21)15-5-2-8-23(17(15)11-14)19(24)13-4-1-7-22(12-13)28(25,26)18-6-3-9-27-18/h3,6,9-11,13H,1-2,4-5,7-8,12H2. The molecule has 28 heavy (non-hydrogen) atoms. The molecule has 2 aromatic rings. The van der Waals surface area contributed by atoms with Gasteiger partial charge in [0.05, 0.1) is 11.6 Å². The SMILES string of the molecule is O=C(C1CCCN(S(=O)(=O)c2cccs2)C1)N1CCCc2c(F)cc(F)cc21. The lowest BCUT2D eigenvalue weighted by molar-refractivity contribution is -0.123. The van der Waals surface area contributed by atoms with Crippen LogP contribution in [0.2, 0.25) is 0 Å². The number of piperidine rings is 1. The van der Waals surface area contributed by atoms with Crippen molar-refractivity contribution in [2.75, 3.05) is 24.5 Å². The van der Waals surface area contributed by atoms with Crippen LogP contribution in [-0.4, -0.2) is 38.3 Å². The fourth-order valence-corrected chi connectivity index (χ4v) is 6.63. The molecule has 0 N–H and O–H groups in total. The van der Waals surface area contributed by atoms with E-state index in [0.29, 0.717) is 44.3 Å². The maximum Gasteiger partial charge on any atom is 0.252 e. The van der Waals surface area contributed by atoms with Crippen LogP contribution in [0, 0.1) is 17.6 Å². The number of carbonyl (C=O) groups is 1. The van der Waals surface area contributed by atoms with Gasteiger partial charge in [-0.3, -0.25) is 4.79 Å². The number of fused-ring (bicyclic) bond motifs is 1. The highest BCUT2D eigenvalue weighted by Crippen LogP contribution is 2.33. The van der Waals surface area contributed by atoms with E-state index in [9.17, 15) is 22.0 Å². The number of anilines is 1. The van der Waals surface area contributed by atoms with Gasteiger partial charge in [-0.25, -0.2) is 17.2 Å². The van der Waals surface area contributed by atoms with Gasteiger partial charge in [0.1, 0.15) is 15.8 Å². The third-order valence-electron chi connectivity index (χ3n) is 5.32. The zero-order chi connectivity index (χ0) is 19.9. The van der Waals surface area contributed by atoms with Gasteiger partial charge in [-0.05, 0) is 43.2 Å². The van der Waals surface area contributed by atoms with Gasteiger partial charge in [-0.15, -0.1) is 11.3 Å². The molecule has 1 atom stereocenters. The van der Waals surface area contributed by atoms with Crippen molar-refractivity contribution in [2.45, 2.75) is 29.9 Å². The van der Waals surface area contributed by atoms with Crippen molar-refractivity contribution in [3.8, 4) is 0 Å². The molecule has 0 radical (unpaired) electrons. The van der Waals surface area contributed by atoms with Crippen LogP contribution in [0.15, 0.2) is 33.9 Å². The molecule has 2 aliphatic rings. The van der Waals surface area contributed by atoms with Crippen LogP contribution in [0.25, 0.3) is 0 Å². The zero-order valence-electron chi connectivity index (χ0n) is 15.1. The monoisotopic (exact) mass is 426 g/mol. The zero-order valence-corrected chi connectivity index (χ0v) is 16.7. The Labute approximate surface area is 166 Å². The summed E-state index contributed by atoms with van der Waals surface area (Å²) >= 11 is 1.15. The second-order valence-electron chi connectivity index (χ2n) is 7.11. The molecule has 3 heterocycles. The number of rotatable bonds is 3. The van der Waals surface area contributed by atoms with Crippen molar-refractivity contribution in [1.82, 2.24) is 4.31 Å². The van der Waals surface area contributed by atoms with E-state index < -0.39 is 27.6 Å². The average Bonchev–Trinajstić information content (AvgIpc) is 3.23. The molecule has 0 aliphatic carbocycles. The average molecular weight is 427 g/mol. The number of sulfonamides is 1. The molecule has 5 nitrogen and oxygen atoms in total. The summed E-state index contributed by atoms with van der Waals surface area (Å²) in [5.74, 6) is -2.16. The number of thiophene rings is 1. The molecule has 1 fully saturated rings. The van der Waals surface area contributed by atoms with Gasteiger partial charge in [0, 0.05) is 31.3 Å². The number of carbonyl (C=O) groups excluding carboxylic acids is 1. The fraction of sp³-hybridized carbons (Fsp3) is 0.421. The number of amides is 1. The number of nitrogens with zero attached hydrogens (tertiary/aromatic N) is 2. The number of hydrogen-bond donors (Lipinski definition) is 0. The van der Waals surface area contributed by atoms with Crippen molar-refractivity contribution in [1.29, 1.82) is 0 Å². The lowest BCUT2D eigenvalue weighted by Gasteiger charge is -2.36. The predicted octanol–water partition coefficient (Wildman–Crippen LogP) is 3.41. The van der Waals surface area contributed by atoms with Gasteiger partial charge in [0.15, 0.2) is 0 Å². The van der Waals surface area contributed by atoms with Crippen molar-refractivity contribution in [3.63, 3.8) is 0 Å². The number of hydrogen-bond acceptors (Lipinski definition) is 4. The largest absolute Gasteiger partial charge is 0.312 e. The molecule has 1 aromatic carbocycles. The summed E-state index contributed by atoms with van der Waals surface area (Å²) in [5, 5.41) is 1.70. The summed E-state index contributed by atoms with van der Waals surface area (Å²) in [6.45, 7) is 0.829. The Bertz CT molecular complexity index is 993. The van der Waals surface area contributed by atoms with Crippen molar-refractivity contribution in [2.24, 2.45) is 5.92 Å². The molecular weight excluding hydrogens is 406 g/mol. The summed E-state index contributed by atoms with van der Waals surface area (Å²) in [6.07, 6.45) is 2.16. The highest BCUT2D eigenvalue weighted by atomic mass is 32.2. The lowest BCUT2D eigenvalue weighted by atomic mass is 9.94. The van der Waals surface area contributed by atoms with Crippen LogP contribution >= 0.6 is 11.3 Å². The summed E-state index contributed by atoms with van der Waals surface area (Å²) in [4.78, 5) is 14.6. The first-order valence-electron chi connectivity index (χ1n) is 9.21. The molecule has 0 bridgehead atoms. The third-order valence-corrected chi connectivity index (χ3v) is 8.56. The van der Waals surface area contributed by atoms with Crippen LogP contribution in [-0.2, 0) is 21.2 Å². The van der Waals surface area contributed by atoms with E-state index in [-0.39, 0.29) is 22.3 Å². The van der Waals surface area contributed by atoms with Crippen LogP contribution in [0.5, 0.6) is 0 Å². The van der Waals surface area contributed by atoms with Gasteiger partial charge >= 0.3 is 0 Å². The number of halogens is 2. The predicted molar refractivity (Wildman–Crippen MR) is 103 cm³/mol. The molecule has 0 saturated carbocycles. The molecule has 4 rings (SSSR count). The molecule has 0 spiro atoms. The summed E-state index contributed by atoms with van der Waals surface area (Å²) in [7, 11) is -3.63. The summed E-state index contributed by atoms with van der Waals surface area (Å²) < 4.78 is 55.1. The maximum absolute atomic E-state index is 14.1. The van der Waals surface area contributed by atoms with E-state index in [4.69, 9.17) is 0 Å². The molecule has 9 heteroatoms. The quantitative estimate of drug-likeness (QED) is 0.756. The Morgan fingerprint density at radius 1 is 1.18 bits per heavy atom. The minimum Gasteiger partial charge on any atom is -0.312 e. The maximum atomic E-state index is 14.1. The summed E-state index contributed by atoms with van der Waals surface area (Å²) in [6, 6.07) is 5.26. The second kappa shape index (κ2) is 7.53. The van der Waals surface area contributed by atoms with E-state index in [2.05, 4.69) is 0 Å². The van der Waals surface area contributed by atoms with E-state index in [1.165, 1.54) is 15.3 Å². The van der Waals surface area contributed by atoms with Crippen LogP contribution < -0.4 is 4.90 Å². The Balaban J connectivity index is 1.58. The van der Waals surface area contributed by atoms with Crippen molar-refractivity contribution >= 4 is 33.0 Å². The van der Waals surface area contributed by atoms with Crippen molar-refractivity contribution in [3.05, 3.63) is 46.8 Å². The Kier molecular flexibility index (Phi) is 5.24. The Morgan fingerprint density at radius 2 is 2.00 bits per heavy atom. The third kappa shape index (κ3) is 3.46. The summed E-state index contributed by atoms with van der Waals surface area (Å²) in [5.41, 5.74) is 0.617. The van der Waals surface area contributed by atoms with Gasteiger partial charge in [-0.1, -0.05) is 6.07 Å². The van der Waals surface area contributed by atoms with E-state index in [1.54, 1.807) is 17.5 Å². The van der Waals surface area contributed by atoms with Crippen molar-refractivity contribution < 1.29 is 22.0 Å². The molecule has 1 saturated heterocycles. The van der Waals surface area contributed by atoms with E-state index >= 15 is 0 Å². The van der Waals surface area contributed by atoms with Gasteiger partial charge in [0.2, 0.25) is 5.91 Å². The highest BCUT2D eigenvalue weighted by Gasteiger charge is 2.37. The minimum atomic E-state index is -3.63. The second-order valence-corrected chi connectivity index (χ2v) is 10.2. The van der Waals surface area contributed by atoms with Crippen LogP contribution in [0.1, 0.15) is 24.8 Å². The first-order chi connectivity index (χ1) is 13.4. The molecule has 1 unspecified atom stereocenters. The van der Waals surface area contributed by atoms with Crippen LogP contribution in [0.4, 0.5) is 14.5 Å². The molecule has 2 aliphatic heterocycles. The smallest absolute Gasteiger partial charge is 0.252 e. The van der Waals surface area contributed by atoms with E-state index in [1.807, 2.05) is 0 Å². The fourth-order valence-electron chi connectivity index (χ4n) is 3.96. The minimum absolute atomic E-state index is 0.0860. The molecule has 150 valence electrons.